The van der Waals surface area contributed by atoms with Crippen LogP contribution in [0.2, 0.25) is 5.02 Å². The van der Waals surface area contributed by atoms with E-state index < -0.39 is 0 Å². The van der Waals surface area contributed by atoms with E-state index in [2.05, 4.69) is 26.2 Å². The van der Waals surface area contributed by atoms with Crippen molar-refractivity contribution in [2.75, 3.05) is 28.3 Å². The molecular formula is C23H27ClN4O3. The van der Waals surface area contributed by atoms with E-state index in [9.17, 15) is 4.79 Å². The topological polar surface area (TPSA) is 68.1 Å². The number of carbonyl (C=O) groups excluding carboxylic acids is 1. The van der Waals surface area contributed by atoms with Gasteiger partial charge >= 0.3 is 0 Å². The standard InChI is InChI=1S/C23H27ClN4O3/c1-27(2)14-17-15-28(19-7-5-6-18(24)23(17)19)11-10-22(29)26-25-13-16-8-9-20(30-3)21(12-16)31-4/h5-9,12-13,15H,10-11,14H2,1-4H3,(H,26,29). The van der Waals surface area contributed by atoms with E-state index in [1.54, 1.807) is 32.6 Å². The molecule has 0 aliphatic carbocycles. The molecule has 7 nitrogen and oxygen atoms in total. The summed E-state index contributed by atoms with van der Waals surface area (Å²) in [6.45, 7) is 1.30. The van der Waals surface area contributed by atoms with Gasteiger partial charge in [0.05, 0.1) is 25.5 Å². The molecule has 0 saturated carbocycles. The van der Waals surface area contributed by atoms with Crippen LogP contribution >= 0.6 is 11.6 Å². The summed E-state index contributed by atoms with van der Waals surface area (Å²) < 4.78 is 12.6. The van der Waals surface area contributed by atoms with E-state index in [1.165, 1.54) is 0 Å². The van der Waals surface area contributed by atoms with Crippen LogP contribution in [0, 0.1) is 0 Å². The lowest BCUT2D eigenvalue weighted by atomic mass is 10.1. The number of carbonyl (C=O) groups is 1. The fourth-order valence-electron chi connectivity index (χ4n) is 3.43. The highest BCUT2D eigenvalue weighted by atomic mass is 35.5. The van der Waals surface area contributed by atoms with Crippen molar-refractivity contribution in [2.45, 2.75) is 19.5 Å². The molecule has 1 aromatic heterocycles. The van der Waals surface area contributed by atoms with E-state index in [-0.39, 0.29) is 5.91 Å². The predicted molar refractivity (Wildman–Crippen MR) is 124 cm³/mol. The summed E-state index contributed by atoms with van der Waals surface area (Å²) in [4.78, 5) is 14.4. The molecule has 0 aliphatic heterocycles. The molecule has 31 heavy (non-hydrogen) atoms. The number of nitrogens with one attached hydrogen (secondary N) is 1. The van der Waals surface area contributed by atoms with Crippen LogP contribution in [-0.4, -0.2) is 49.9 Å². The lowest BCUT2D eigenvalue weighted by Gasteiger charge is -2.08. The number of nitrogens with zero attached hydrogens (tertiary/aromatic N) is 3. The molecule has 8 heteroatoms. The van der Waals surface area contributed by atoms with Crippen LogP contribution in [0.25, 0.3) is 10.9 Å². The van der Waals surface area contributed by atoms with E-state index in [0.717, 1.165) is 33.6 Å². The SMILES string of the molecule is COc1ccc(C=NNC(=O)CCn2cc(CN(C)C)c3c(Cl)cccc32)cc1OC. The van der Waals surface area contributed by atoms with Crippen LogP contribution < -0.4 is 14.9 Å². The molecule has 0 bridgehead atoms. The van der Waals surface area contributed by atoms with Crippen molar-refractivity contribution >= 4 is 34.6 Å². The summed E-state index contributed by atoms with van der Waals surface area (Å²) in [5, 5.41) is 5.80. The van der Waals surface area contributed by atoms with Gasteiger partial charge in [0.25, 0.3) is 0 Å². The molecule has 0 unspecified atom stereocenters. The molecular weight excluding hydrogens is 416 g/mol. The number of aromatic nitrogens is 1. The number of hydrazone groups is 1. The number of hydrogen-bond acceptors (Lipinski definition) is 5. The second-order valence-corrected chi connectivity index (χ2v) is 7.78. The molecule has 2 aromatic carbocycles. The number of hydrogen-bond donors (Lipinski definition) is 1. The van der Waals surface area contributed by atoms with E-state index in [0.29, 0.717) is 24.5 Å². The molecule has 0 spiro atoms. The largest absolute Gasteiger partial charge is 0.493 e. The molecule has 164 valence electrons. The van der Waals surface area contributed by atoms with Crippen LogP contribution in [0.1, 0.15) is 17.5 Å². The van der Waals surface area contributed by atoms with Gasteiger partial charge in [0, 0.05) is 36.6 Å². The maximum Gasteiger partial charge on any atom is 0.241 e. The van der Waals surface area contributed by atoms with Gasteiger partial charge in [-0.25, -0.2) is 5.43 Å². The van der Waals surface area contributed by atoms with E-state index >= 15 is 0 Å². The zero-order chi connectivity index (χ0) is 22.4. The van der Waals surface area contributed by atoms with Crippen LogP contribution in [0.15, 0.2) is 47.7 Å². The van der Waals surface area contributed by atoms with Gasteiger partial charge in [-0.3, -0.25) is 4.79 Å². The van der Waals surface area contributed by atoms with Crippen molar-refractivity contribution < 1.29 is 14.3 Å². The normalized spacial score (nSPS) is 11.4. The Balaban J connectivity index is 1.64. The lowest BCUT2D eigenvalue weighted by molar-refractivity contribution is -0.121. The second kappa shape index (κ2) is 10.3. The molecule has 0 aliphatic rings. The average molecular weight is 443 g/mol. The van der Waals surface area contributed by atoms with Crippen molar-refractivity contribution in [1.82, 2.24) is 14.9 Å². The number of methoxy groups -OCH3 is 2. The smallest absolute Gasteiger partial charge is 0.241 e. The Morgan fingerprint density at radius 1 is 1.19 bits per heavy atom. The fourth-order valence-corrected chi connectivity index (χ4v) is 3.72. The highest BCUT2D eigenvalue weighted by Crippen LogP contribution is 2.30. The summed E-state index contributed by atoms with van der Waals surface area (Å²) >= 11 is 6.44. The second-order valence-electron chi connectivity index (χ2n) is 7.38. The zero-order valence-electron chi connectivity index (χ0n) is 18.2. The predicted octanol–water partition coefficient (Wildman–Crippen LogP) is 3.91. The Bertz CT molecular complexity index is 1090. The van der Waals surface area contributed by atoms with Gasteiger partial charge in [0.2, 0.25) is 5.91 Å². The number of benzene rings is 2. The van der Waals surface area contributed by atoms with Gasteiger partial charge in [-0.15, -0.1) is 0 Å². The number of rotatable bonds is 9. The fraction of sp³-hybridized carbons (Fsp3) is 0.304. The summed E-state index contributed by atoms with van der Waals surface area (Å²) in [6.07, 6.45) is 3.93. The van der Waals surface area contributed by atoms with Crippen molar-refractivity contribution in [3.63, 3.8) is 0 Å². The van der Waals surface area contributed by atoms with E-state index in [4.69, 9.17) is 21.1 Å². The number of ether oxygens (including phenoxy) is 2. The Labute approximate surface area is 187 Å². The number of amides is 1. The third-order valence-corrected chi connectivity index (χ3v) is 5.13. The molecule has 0 atom stereocenters. The van der Waals surface area contributed by atoms with Gasteiger partial charge in [-0.05, 0) is 55.6 Å². The molecule has 0 fully saturated rings. The zero-order valence-corrected chi connectivity index (χ0v) is 18.9. The first-order valence-corrected chi connectivity index (χ1v) is 10.3. The van der Waals surface area contributed by atoms with Gasteiger partial charge in [0.15, 0.2) is 11.5 Å². The van der Waals surface area contributed by atoms with Crippen LogP contribution in [-0.2, 0) is 17.9 Å². The van der Waals surface area contributed by atoms with Crippen LogP contribution in [0.3, 0.4) is 0 Å². The van der Waals surface area contributed by atoms with Gasteiger partial charge < -0.3 is 18.9 Å². The van der Waals surface area contributed by atoms with E-state index in [1.807, 2.05) is 38.4 Å². The molecule has 1 amide bonds. The van der Waals surface area contributed by atoms with Crippen LogP contribution in [0.4, 0.5) is 0 Å². The maximum atomic E-state index is 12.3. The number of fused-ring (bicyclic) bond motifs is 1. The molecule has 0 saturated heterocycles. The van der Waals surface area contributed by atoms with Crippen LogP contribution in [0.5, 0.6) is 11.5 Å². The summed E-state index contributed by atoms with van der Waals surface area (Å²) in [5.41, 5.74) is 5.52. The molecule has 1 N–H and O–H groups in total. The van der Waals surface area contributed by atoms with Gasteiger partial charge in [-0.2, -0.15) is 5.10 Å². The Morgan fingerprint density at radius 3 is 2.68 bits per heavy atom. The van der Waals surface area contributed by atoms with Gasteiger partial charge in [-0.1, -0.05) is 17.7 Å². The van der Waals surface area contributed by atoms with Crippen molar-refractivity contribution in [2.24, 2.45) is 5.10 Å². The molecule has 0 radical (unpaired) electrons. The highest BCUT2D eigenvalue weighted by molar-refractivity contribution is 6.35. The summed E-state index contributed by atoms with van der Waals surface area (Å²) in [7, 11) is 7.19. The Kier molecular flexibility index (Phi) is 7.55. The highest BCUT2D eigenvalue weighted by Gasteiger charge is 2.13. The maximum absolute atomic E-state index is 12.3. The summed E-state index contributed by atoms with van der Waals surface area (Å²) in [6, 6.07) is 11.2. The first kappa shape index (κ1) is 22.7. The van der Waals surface area contributed by atoms with Crippen molar-refractivity contribution in [1.29, 1.82) is 0 Å². The quantitative estimate of drug-likeness (QED) is 0.403. The minimum atomic E-state index is -0.172. The minimum Gasteiger partial charge on any atom is -0.493 e. The molecule has 3 aromatic rings. The lowest BCUT2D eigenvalue weighted by Crippen LogP contribution is -2.19. The number of aryl methyl sites for hydroxylation is 1. The first-order valence-electron chi connectivity index (χ1n) is 9.87. The Hall–Kier alpha value is -3.03. The average Bonchev–Trinajstić information content (AvgIpc) is 3.10. The summed E-state index contributed by atoms with van der Waals surface area (Å²) in [5.74, 6) is 1.07. The Morgan fingerprint density at radius 2 is 1.97 bits per heavy atom. The van der Waals surface area contributed by atoms with Gasteiger partial charge in [0.1, 0.15) is 0 Å². The third-order valence-electron chi connectivity index (χ3n) is 4.81. The van der Waals surface area contributed by atoms with Crippen molar-refractivity contribution in [3.8, 4) is 11.5 Å². The third kappa shape index (κ3) is 5.57. The monoisotopic (exact) mass is 442 g/mol. The minimum absolute atomic E-state index is 0.172. The number of halogens is 1. The first-order chi connectivity index (χ1) is 14.9. The van der Waals surface area contributed by atoms with Crippen molar-refractivity contribution in [3.05, 3.63) is 58.7 Å². The molecule has 3 rings (SSSR count). The molecule has 1 heterocycles.